The summed E-state index contributed by atoms with van der Waals surface area (Å²) < 4.78 is 41.2. The molecule has 0 aliphatic rings. The van der Waals surface area contributed by atoms with Gasteiger partial charge in [0.1, 0.15) is 5.69 Å². The average molecular weight is 333 g/mol. The molecule has 0 aliphatic carbocycles. The predicted molar refractivity (Wildman–Crippen MR) is 82.9 cm³/mol. The number of nitrogen functional groups attached to an aromatic ring is 1. The Labute approximate surface area is 136 Å². The van der Waals surface area contributed by atoms with Crippen LogP contribution in [0.3, 0.4) is 0 Å². The fraction of sp³-hybridized carbons (Fsp3) is 0.188. The summed E-state index contributed by atoms with van der Waals surface area (Å²) in [5, 5.41) is 4.13. The molecule has 1 atom stereocenters. The van der Waals surface area contributed by atoms with E-state index in [0.717, 1.165) is 16.3 Å². The second-order valence-corrected chi connectivity index (χ2v) is 5.27. The summed E-state index contributed by atoms with van der Waals surface area (Å²) >= 11 is 0. The van der Waals surface area contributed by atoms with Crippen LogP contribution in [0, 0.1) is 0 Å². The Balaban J connectivity index is 2.09. The largest absolute Gasteiger partial charge is 0.433 e. The molecule has 5 nitrogen and oxygen atoms in total. The Morgan fingerprint density at radius 1 is 1.08 bits per heavy atom. The van der Waals surface area contributed by atoms with Crippen LogP contribution >= 0.6 is 0 Å². The number of halogens is 3. The molecule has 0 amide bonds. The Morgan fingerprint density at radius 3 is 2.29 bits per heavy atom. The molecular formula is C16H14F3N5. The maximum absolute atomic E-state index is 13.4. The van der Waals surface area contributed by atoms with Crippen LogP contribution in [0.4, 0.5) is 19.1 Å². The van der Waals surface area contributed by atoms with E-state index >= 15 is 0 Å². The van der Waals surface area contributed by atoms with E-state index in [4.69, 9.17) is 5.73 Å². The Hall–Kier alpha value is -2.90. The van der Waals surface area contributed by atoms with Crippen molar-refractivity contribution in [2.45, 2.75) is 19.1 Å². The van der Waals surface area contributed by atoms with Crippen molar-refractivity contribution in [1.82, 2.24) is 19.7 Å². The molecule has 0 unspecified atom stereocenters. The number of benzene rings is 1. The highest BCUT2D eigenvalue weighted by molar-refractivity contribution is 5.58. The summed E-state index contributed by atoms with van der Waals surface area (Å²) in [6.45, 7) is 1.67. The van der Waals surface area contributed by atoms with Crippen LogP contribution in [0.5, 0.6) is 0 Å². The lowest BCUT2D eigenvalue weighted by Gasteiger charge is -2.17. The van der Waals surface area contributed by atoms with E-state index in [9.17, 15) is 13.2 Å². The normalized spacial score (nSPS) is 13.0. The molecule has 3 aromatic rings. The molecule has 0 radical (unpaired) electrons. The van der Waals surface area contributed by atoms with Crippen molar-refractivity contribution in [3.63, 3.8) is 0 Å². The van der Waals surface area contributed by atoms with Crippen molar-refractivity contribution in [2.24, 2.45) is 0 Å². The van der Waals surface area contributed by atoms with Crippen LogP contribution < -0.4 is 5.73 Å². The molecule has 2 N–H and O–H groups in total. The van der Waals surface area contributed by atoms with Crippen LogP contribution in [-0.4, -0.2) is 19.7 Å². The van der Waals surface area contributed by atoms with Gasteiger partial charge >= 0.3 is 6.18 Å². The molecule has 2 aromatic heterocycles. The number of alkyl halides is 3. The fourth-order valence-corrected chi connectivity index (χ4v) is 2.39. The molecule has 0 saturated heterocycles. The molecule has 8 heteroatoms. The zero-order valence-corrected chi connectivity index (χ0v) is 12.7. The SMILES string of the molecule is C[C@H](c1ccccc1)n1nc(-c2cnc(N)nc2)cc1C(F)(F)F. The van der Waals surface area contributed by atoms with Crippen LogP contribution in [0.15, 0.2) is 48.8 Å². The van der Waals surface area contributed by atoms with Gasteiger partial charge in [0.15, 0.2) is 0 Å². The first-order chi connectivity index (χ1) is 11.4. The third-order valence-corrected chi connectivity index (χ3v) is 3.64. The summed E-state index contributed by atoms with van der Waals surface area (Å²) in [4.78, 5) is 7.59. The molecular weight excluding hydrogens is 319 g/mol. The lowest BCUT2D eigenvalue weighted by molar-refractivity contribution is -0.144. The summed E-state index contributed by atoms with van der Waals surface area (Å²) in [6.07, 6.45) is -1.83. The highest BCUT2D eigenvalue weighted by atomic mass is 19.4. The van der Waals surface area contributed by atoms with Gasteiger partial charge in [0.25, 0.3) is 0 Å². The number of hydrogen-bond donors (Lipinski definition) is 1. The van der Waals surface area contributed by atoms with E-state index in [1.54, 1.807) is 37.3 Å². The van der Waals surface area contributed by atoms with E-state index in [0.29, 0.717) is 5.56 Å². The topological polar surface area (TPSA) is 69.6 Å². The van der Waals surface area contributed by atoms with Crippen molar-refractivity contribution in [2.75, 3.05) is 5.73 Å². The minimum Gasteiger partial charge on any atom is -0.368 e. The Bertz CT molecular complexity index is 825. The zero-order chi connectivity index (χ0) is 17.3. The molecule has 0 fully saturated rings. The molecule has 0 aliphatic heterocycles. The monoisotopic (exact) mass is 333 g/mol. The third-order valence-electron chi connectivity index (χ3n) is 3.64. The van der Waals surface area contributed by atoms with Gasteiger partial charge in [-0.2, -0.15) is 18.3 Å². The first kappa shape index (κ1) is 16.0. The zero-order valence-electron chi connectivity index (χ0n) is 12.7. The van der Waals surface area contributed by atoms with E-state index in [2.05, 4.69) is 15.1 Å². The summed E-state index contributed by atoms with van der Waals surface area (Å²) in [7, 11) is 0. The maximum atomic E-state index is 13.4. The van der Waals surface area contributed by atoms with Gasteiger partial charge in [-0.25, -0.2) is 9.97 Å². The van der Waals surface area contributed by atoms with Gasteiger partial charge in [0, 0.05) is 18.0 Å². The number of aromatic nitrogens is 4. The lowest BCUT2D eigenvalue weighted by Crippen LogP contribution is -2.18. The minimum atomic E-state index is -4.52. The second kappa shape index (κ2) is 5.95. The summed E-state index contributed by atoms with van der Waals surface area (Å²) in [6, 6.07) is 9.30. The van der Waals surface area contributed by atoms with Crippen LogP contribution in [0.25, 0.3) is 11.3 Å². The second-order valence-electron chi connectivity index (χ2n) is 5.27. The molecule has 3 rings (SSSR count). The van der Waals surface area contributed by atoms with Gasteiger partial charge < -0.3 is 5.73 Å². The summed E-state index contributed by atoms with van der Waals surface area (Å²) in [5.41, 5.74) is 5.82. The van der Waals surface area contributed by atoms with Gasteiger partial charge in [0.2, 0.25) is 5.95 Å². The van der Waals surface area contributed by atoms with Gasteiger partial charge in [-0.05, 0) is 18.6 Å². The summed E-state index contributed by atoms with van der Waals surface area (Å²) in [5.74, 6) is 0.0480. The molecule has 24 heavy (non-hydrogen) atoms. The van der Waals surface area contributed by atoms with E-state index < -0.39 is 17.9 Å². The maximum Gasteiger partial charge on any atom is 0.433 e. The molecule has 2 heterocycles. The van der Waals surface area contributed by atoms with Crippen molar-refractivity contribution in [1.29, 1.82) is 0 Å². The molecule has 0 bridgehead atoms. The highest BCUT2D eigenvalue weighted by Gasteiger charge is 2.37. The number of anilines is 1. The van der Waals surface area contributed by atoms with Crippen molar-refractivity contribution >= 4 is 5.95 Å². The Kier molecular flexibility index (Phi) is 3.96. The smallest absolute Gasteiger partial charge is 0.368 e. The lowest BCUT2D eigenvalue weighted by atomic mass is 10.1. The van der Waals surface area contributed by atoms with E-state index in [1.807, 2.05) is 0 Å². The van der Waals surface area contributed by atoms with Gasteiger partial charge in [-0.3, -0.25) is 4.68 Å². The standard InChI is InChI=1S/C16H14F3N5/c1-10(11-5-3-2-4-6-11)24-14(16(17,18)19)7-13(23-24)12-8-21-15(20)22-9-12/h2-10H,1H3,(H2,20,21,22)/t10-/m1/s1. The van der Waals surface area contributed by atoms with Crippen molar-refractivity contribution in [3.05, 3.63) is 60.0 Å². The molecule has 0 saturated carbocycles. The average Bonchev–Trinajstić information content (AvgIpc) is 3.01. The third kappa shape index (κ3) is 3.08. The molecule has 0 spiro atoms. The molecule has 124 valence electrons. The van der Waals surface area contributed by atoms with Crippen molar-refractivity contribution < 1.29 is 13.2 Å². The highest BCUT2D eigenvalue weighted by Crippen LogP contribution is 2.35. The Morgan fingerprint density at radius 2 is 1.71 bits per heavy atom. The number of nitrogens with two attached hydrogens (primary N) is 1. The van der Waals surface area contributed by atoms with Gasteiger partial charge in [-0.15, -0.1) is 0 Å². The van der Waals surface area contributed by atoms with Crippen LogP contribution in [0.1, 0.15) is 24.2 Å². The molecule has 1 aromatic carbocycles. The first-order valence-corrected chi connectivity index (χ1v) is 7.16. The van der Waals surface area contributed by atoms with Crippen LogP contribution in [0.2, 0.25) is 0 Å². The fourth-order valence-electron chi connectivity index (χ4n) is 2.39. The van der Waals surface area contributed by atoms with Gasteiger partial charge in [-0.1, -0.05) is 30.3 Å². The first-order valence-electron chi connectivity index (χ1n) is 7.16. The quantitative estimate of drug-likeness (QED) is 0.796. The van der Waals surface area contributed by atoms with E-state index in [-0.39, 0.29) is 11.6 Å². The minimum absolute atomic E-state index is 0.0480. The number of nitrogens with zero attached hydrogens (tertiary/aromatic N) is 4. The van der Waals surface area contributed by atoms with E-state index in [1.165, 1.54) is 12.4 Å². The van der Waals surface area contributed by atoms with Crippen LogP contribution in [-0.2, 0) is 6.18 Å². The number of rotatable bonds is 3. The van der Waals surface area contributed by atoms with Crippen molar-refractivity contribution in [3.8, 4) is 11.3 Å². The predicted octanol–water partition coefficient (Wildman–Crippen LogP) is 3.55. The number of hydrogen-bond acceptors (Lipinski definition) is 4. The van der Waals surface area contributed by atoms with Gasteiger partial charge in [0.05, 0.1) is 11.7 Å².